The normalized spacial score (nSPS) is 34.2. The van der Waals surface area contributed by atoms with Crippen LogP contribution in [0.4, 0.5) is 0 Å². The van der Waals surface area contributed by atoms with E-state index in [9.17, 15) is 0 Å². The van der Waals surface area contributed by atoms with Gasteiger partial charge in [-0.2, -0.15) is 0 Å². The predicted molar refractivity (Wildman–Crippen MR) is 75.9 cm³/mol. The summed E-state index contributed by atoms with van der Waals surface area (Å²) in [5, 5.41) is 3.87. The molecule has 2 aliphatic heterocycles. The first kappa shape index (κ1) is 12.9. The molecule has 1 aliphatic carbocycles. The van der Waals surface area contributed by atoms with Crippen molar-refractivity contribution >= 4 is 0 Å². The van der Waals surface area contributed by atoms with Crippen molar-refractivity contribution in [2.45, 2.75) is 44.1 Å². The largest absolute Gasteiger partial charge is 0.310 e. The summed E-state index contributed by atoms with van der Waals surface area (Å²) >= 11 is 0. The summed E-state index contributed by atoms with van der Waals surface area (Å²) in [7, 11) is 2.27. The minimum atomic E-state index is 0.487. The maximum absolute atomic E-state index is 3.87. The van der Waals surface area contributed by atoms with Crippen LogP contribution >= 0.6 is 0 Å². The molecule has 3 nitrogen and oxygen atoms in total. The molecule has 0 bridgehead atoms. The fourth-order valence-corrected chi connectivity index (χ4v) is 4.30. The topological polar surface area (TPSA) is 18.5 Å². The fourth-order valence-electron chi connectivity index (χ4n) is 4.30. The average molecular weight is 251 g/mol. The van der Waals surface area contributed by atoms with Gasteiger partial charge in [-0.25, -0.2) is 0 Å². The number of hydrogen-bond donors (Lipinski definition) is 1. The number of nitrogens with one attached hydrogen (secondary N) is 1. The van der Waals surface area contributed by atoms with E-state index in [1.165, 1.54) is 77.8 Å². The Labute approximate surface area is 112 Å². The van der Waals surface area contributed by atoms with E-state index in [-0.39, 0.29) is 0 Å². The molecule has 1 spiro atoms. The molecular weight excluding hydrogens is 222 g/mol. The summed E-state index contributed by atoms with van der Waals surface area (Å²) in [5.74, 6) is 0.923. The number of nitrogens with zero attached hydrogens (tertiary/aromatic N) is 2. The van der Waals surface area contributed by atoms with Gasteiger partial charge in [0.1, 0.15) is 0 Å². The highest BCUT2D eigenvalue weighted by atomic mass is 15.2. The van der Waals surface area contributed by atoms with Crippen LogP contribution in [0.2, 0.25) is 0 Å². The molecule has 3 rings (SSSR count). The molecule has 104 valence electrons. The van der Waals surface area contributed by atoms with Crippen molar-refractivity contribution in [3.05, 3.63) is 0 Å². The zero-order chi connectivity index (χ0) is 12.4. The van der Waals surface area contributed by atoms with Gasteiger partial charge in [-0.1, -0.05) is 12.8 Å². The van der Waals surface area contributed by atoms with Crippen LogP contribution in [-0.4, -0.2) is 61.7 Å². The highest BCUT2D eigenvalue weighted by Gasteiger charge is 2.37. The second-order valence-electron chi connectivity index (χ2n) is 6.92. The molecule has 0 radical (unpaired) electrons. The summed E-state index contributed by atoms with van der Waals surface area (Å²) in [6.45, 7) is 7.83. The van der Waals surface area contributed by atoms with E-state index in [4.69, 9.17) is 0 Å². The summed E-state index contributed by atoms with van der Waals surface area (Å²) in [4.78, 5) is 5.27. The van der Waals surface area contributed by atoms with Crippen molar-refractivity contribution in [3.63, 3.8) is 0 Å². The Morgan fingerprint density at radius 1 is 1.17 bits per heavy atom. The van der Waals surface area contributed by atoms with Gasteiger partial charge in [0.25, 0.3) is 0 Å². The molecule has 2 saturated heterocycles. The second kappa shape index (κ2) is 5.48. The summed E-state index contributed by atoms with van der Waals surface area (Å²) in [6, 6.07) is 0. The molecule has 1 atom stereocenters. The van der Waals surface area contributed by atoms with Gasteiger partial charge in [0.15, 0.2) is 0 Å². The molecule has 1 saturated carbocycles. The summed E-state index contributed by atoms with van der Waals surface area (Å²) in [5.41, 5.74) is 0.487. The molecule has 0 aromatic carbocycles. The van der Waals surface area contributed by atoms with Gasteiger partial charge < -0.3 is 15.1 Å². The lowest BCUT2D eigenvalue weighted by molar-refractivity contribution is 0.185. The van der Waals surface area contributed by atoms with Crippen LogP contribution in [0.3, 0.4) is 0 Å². The van der Waals surface area contributed by atoms with E-state index in [2.05, 4.69) is 22.2 Å². The van der Waals surface area contributed by atoms with Gasteiger partial charge in [-0.3, -0.25) is 0 Å². The van der Waals surface area contributed by atoms with E-state index in [1.807, 2.05) is 0 Å². The summed E-state index contributed by atoms with van der Waals surface area (Å²) in [6.07, 6.45) is 8.44. The van der Waals surface area contributed by atoms with Crippen molar-refractivity contribution in [1.82, 2.24) is 15.1 Å². The first-order valence-electron chi connectivity index (χ1n) is 7.92. The molecule has 3 aliphatic rings. The van der Waals surface area contributed by atoms with Crippen LogP contribution in [0.1, 0.15) is 38.5 Å². The highest BCUT2D eigenvalue weighted by molar-refractivity contribution is 4.97. The van der Waals surface area contributed by atoms with Crippen LogP contribution in [0.15, 0.2) is 0 Å². The van der Waals surface area contributed by atoms with E-state index in [0.29, 0.717) is 5.54 Å². The summed E-state index contributed by atoms with van der Waals surface area (Å²) < 4.78 is 0. The molecule has 0 amide bonds. The third kappa shape index (κ3) is 2.89. The molecular formula is C15H29N3. The Balaban J connectivity index is 1.57. The molecule has 3 fully saturated rings. The molecule has 3 heteroatoms. The standard InChI is InChI=1S/C15H29N3/c1-17-10-5-14(11-17)12-18-9-4-8-16-15(13-18)6-2-3-7-15/h14,16H,2-13H2,1H3. The van der Waals surface area contributed by atoms with Crippen LogP contribution < -0.4 is 5.32 Å². The number of rotatable bonds is 2. The molecule has 2 heterocycles. The quantitative estimate of drug-likeness (QED) is 0.803. The minimum absolute atomic E-state index is 0.487. The lowest BCUT2D eigenvalue weighted by atomic mass is 9.96. The third-order valence-electron chi connectivity index (χ3n) is 5.24. The number of likely N-dealkylation sites (tertiary alicyclic amines) is 1. The smallest absolute Gasteiger partial charge is 0.0308 e. The SMILES string of the molecule is CN1CCC(CN2CCCNC3(CCCC3)C2)C1. The van der Waals surface area contributed by atoms with Crippen molar-refractivity contribution in [2.24, 2.45) is 5.92 Å². The average Bonchev–Trinajstić information content (AvgIpc) is 2.89. The minimum Gasteiger partial charge on any atom is -0.310 e. The van der Waals surface area contributed by atoms with Crippen molar-refractivity contribution in [3.8, 4) is 0 Å². The van der Waals surface area contributed by atoms with Crippen LogP contribution in [-0.2, 0) is 0 Å². The first-order valence-corrected chi connectivity index (χ1v) is 7.92. The fraction of sp³-hybridized carbons (Fsp3) is 1.00. The Bertz CT molecular complexity index is 273. The first-order chi connectivity index (χ1) is 8.76. The van der Waals surface area contributed by atoms with E-state index in [0.717, 1.165) is 5.92 Å². The maximum atomic E-state index is 3.87. The van der Waals surface area contributed by atoms with E-state index < -0.39 is 0 Å². The molecule has 1 N–H and O–H groups in total. The molecule has 0 aromatic rings. The predicted octanol–water partition coefficient (Wildman–Crippen LogP) is 1.55. The van der Waals surface area contributed by atoms with Crippen LogP contribution in [0.5, 0.6) is 0 Å². The van der Waals surface area contributed by atoms with Gasteiger partial charge in [0, 0.05) is 25.2 Å². The Morgan fingerprint density at radius 2 is 2.00 bits per heavy atom. The van der Waals surface area contributed by atoms with Gasteiger partial charge in [0.05, 0.1) is 0 Å². The zero-order valence-electron chi connectivity index (χ0n) is 12.0. The zero-order valence-corrected chi connectivity index (χ0v) is 12.0. The van der Waals surface area contributed by atoms with Crippen molar-refractivity contribution < 1.29 is 0 Å². The highest BCUT2D eigenvalue weighted by Crippen LogP contribution is 2.32. The lowest BCUT2D eigenvalue weighted by Crippen LogP contribution is -2.50. The monoisotopic (exact) mass is 251 g/mol. The van der Waals surface area contributed by atoms with E-state index >= 15 is 0 Å². The van der Waals surface area contributed by atoms with Gasteiger partial charge >= 0.3 is 0 Å². The molecule has 18 heavy (non-hydrogen) atoms. The Morgan fingerprint density at radius 3 is 2.72 bits per heavy atom. The Kier molecular flexibility index (Phi) is 3.92. The molecule has 1 unspecified atom stereocenters. The van der Waals surface area contributed by atoms with Gasteiger partial charge in [-0.15, -0.1) is 0 Å². The van der Waals surface area contributed by atoms with Crippen LogP contribution in [0.25, 0.3) is 0 Å². The second-order valence-corrected chi connectivity index (χ2v) is 6.92. The van der Waals surface area contributed by atoms with Crippen LogP contribution in [0, 0.1) is 5.92 Å². The Hall–Kier alpha value is -0.120. The van der Waals surface area contributed by atoms with Crippen molar-refractivity contribution in [1.29, 1.82) is 0 Å². The van der Waals surface area contributed by atoms with Gasteiger partial charge in [-0.05, 0) is 58.3 Å². The molecule has 0 aromatic heterocycles. The maximum Gasteiger partial charge on any atom is 0.0308 e. The lowest BCUT2D eigenvalue weighted by Gasteiger charge is -2.34. The van der Waals surface area contributed by atoms with Crippen molar-refractivity contribution in [2.75, 3.05) is 46.3 Å². The van der Waals surface area contributed by atoms with Gasteiger partial charge in [0.2, 0.25) is 0 Å². The number of hydrogen-bond acceptors (Lipinski definition) is 3. The third-order valence-corrected chi connectivity index (χ3v) is 5.24. The van der Waals surface area contributed by atoms with E-state index in [1.54, 1.807) is 0 Å².